The molecule has 2 atom stereocenters. The summed E-state index contributed by atoms with van der Waals surface area (Å²) in [7, 11) is 0. The Morgan fingerprint density at radius 1 is 1.03 bits per heavy atom. The average Bonchev–Trinajstić information content (AvgIpc) is 2.95. The van der Waals surface area contributed by atoms with Gasteiger partial charge in [0.1, 0.15) is 24.0 Å². The molecule has 3 amide bonds. The summed E-state index contributed by atoms with van der Waals surface area (Å²) in [5, 5.41) is 13.3. The van der Waals surface area contributed by atoms with Gasteiger partial charge in [-0.1, -0.05) is 50.2 Å². The molecule has 3 rings (SSSR count). The second-order valence-electron chi connectivity index (χ2n) is 8.87. The van der Waals surface area contributed by atoms with Crippen LogP contribution in [0, 0.1) is 20.8 Å². The zero-order valence-electron chi connectivity index (χ0n) is 19.2. The van der Waals surface area contributed by atoms with Gasteiger partial charge < -0.3 is 15.2 Å². The number of nitrogens with zero attached hydrogens (tertiary/aromatic N) is 1. The number of β-amino-alcohol motifs (C(OH)–C–C–N with tert-alkyl or cyclic N) is 1. The van der Waals surface area contributed by atoms with Crippen LogP contribution in [-0.2, 0) is 10.3 Å². The van der Waals surface area contributed by atoms with Gasteiger partial charge in [0.25, 0.3) is 5.91 Å². The average molecular weight is 425 g/mol. The van der Waals surface area contributed by atoms with E-state index in [9.17, 15) is 14.7 Å². The minimum absolute atomic E-state index is 0.0119. The Morgan fingerprint density at radius 3 is 2.26 bits per heavy atom. The van der Waals surface area contributed by atoms with Crippen LogP contribution in [0.4, 0.5) is 4.79 Å². The molecule has 0 unspecified atom stereocenters. The molecule has 1 aliphatic heterocycles. The molecule has 1 fully saturated rings. The first-order valence-electron chi connectivity index (χ1n) is 10.7. The lowest BCUT2D eigenvalue weighted by molar-refractivity contribution is -0.132. The number of rotatable bonds is 7. The van der Waals surface area contributed by atoms with E-state index in [2.05, 4.69) is 19.2 Å². The summed E-state index contributed by atoms with van der Waals surface area (Å²) in [4.78, 5) is 26.7. The lowest BCUT2D eigenvalue weighted by Crippen LogP contribution is -2.42. The maximum absolute atomic E-state index is 13.1. The molecule has 31 heavy (non-hydrogen) atoms. The number of carbonyl (C=O) groups excluding carboxylic acids is 2. The van der Waals surface area contributed by atoms with Crippen LogP contribution in [0.1, 0.15) is 54.5 Å². The number of imide groups is 1. The first-order valence-corrected chi connectivity index (χ1v) is 10.7. The van der Waals surface area contributed by atoms with Crippen LogP contribution < -0.4 is 10.1 Å². The molecular weight excluding hydrogens is 392 g/mol. The molecule has 0 aliphatic carbocycles. The van der Waals surface area contributed by atoms with Crippen molar-refractivity contribution in [3.05, 3.63) is 64.2 Å². The van der Waals surface area contributed by atoms with Crippen molar-refractivity contribution in [3.63, 3.8) is 0 Å². The molecule has 0 bridgehead atoms. The quantitative estimate of drug-likeness (QED) is 0.660. The van der Waals surface area contributed by atoms with Crippen LogP contribution in [-0.4, -0.2) is 41.2 Å². The van der Waals surface area contributed by atoms with Gasteiger partial charge in [-0.15, -0.1) is 0 Å². The van der Waals surface area contributed by atoms with Crippen molar-refractivity contribution in [1.29, 1.82) is 0 Å². The number of hydrogen-bond acceptors (Lipinski definition) is 4. The van der Waals surface area contributed by atoms with E-state index < -0.39 is 17.7 Å². The zero-order chi connectivity index (χ0) is 22.9. The van der Waals surface area contributed by atoms with Crippen molar-refractivity contribution in [3.8, 4) is 5.75 Å². The molecular formula is C25H32N2O4. The molecule has 6 nitrogen and oxygen atoms in total. The van der Waals surface area contributed by atoms with Gasteiger partial charge in [-0.3, -0.25) is 9.69 Å². The number of benzene rings is 2. The molecule has 2 aromatic carbocycles. The van der Waals surface area contributed by atoms with Crippen molar-refractivity contribution < 1.29 is 19.4 Å². The summed E-state index contributed by atoms with van der Waals surface area (Å²) in [6.07, 6.45) is -1.00. The maximum atomic E-state index is 13.1. The lowest BCUT2D eigenvalue weighted by Gasteiger charge is -2.24. The molecule has 2 aromatic rings. The van der Waals surface area contributed by atoms with Crippen molar-refractivity contribution in [2.45, 2.75) is 59.1 Å². The van der Waals surface area contributed by atoms with E-state index in [1.807, 2.05) is 57.2 Å². The van der Waals surface area contributed by atoms with Crippen LogP contribution in [0.5, 0.6) is 5.75 Å². The Labute approximate surface area is 184 Å². The second-order valence-corrected chi connectivity index (χ2v) is 8.87. The van der Waals surface area contributed by atoms with Crippen molar-refractivity contribution in [2.75, 3.05) is 13.2 Å². The first-order chi connectivity index (χ1) is 14.5. The number of aryl methyl sites for hydroxylation is 2. The third-order valence-electron chi connectivity index (χ3n) is 6.12. The Morgan fingerprint density at radius 2 is 1.65 bits per heavy atom. The number of aliphatic hydroxyl groups is 1. The van der Waals surface area contributed by atoms with E-state index in [0.717, 1.165) is 38.5 Å². The Balaban J connectivity index is 1.69. The summed E-state index contributed by atoms with van der Waals surface area (Å²) in [5.74, 6) is 0.728. The van der Waals surface area contributed by atoms with E-state index in [4.69, 9.17) is 4.74 Å². The molecule has 0 radical (unpaired) electrons. The maximum Gasteiger partial charge on any atom is 0.325 e. The molecule has 166 valence electrons. The zero-order valence-corrected chi connectivity index (χ0v) is 19.2. The molecule has 0 aromatic heterocycles. The van der Waals surface area contributed by atoms with Gasteiger partial charge in [-0.2, -0.15) is 0 Å². The third-order valence-corrected chi connectivity index (χ3v) is 6.12. The Hall–Kier alpha value is -2.86. The van der Waals surface area contributed by atoms with Crippen LogP contribution >= 0.6 is 0 Å². The normalized spacial score (nSPS) is 19.7. The van der Waals surface area contributed by atoms with Crippen molar-refractivity contribution in [2.24, 2.45) is 0 Å². The summed E-state index contributed by atoms with van der Waals surface area (Å²) < 4.78 is 5.84. The molecule has 6 heteroatoms. The van der Waals surface area contributed by atoms with Crippen LogP contribution in [0.15, 0.2) is 36.4 Å². The van der Waals surface area contributed by atoms with Crippen LogP contribution in [0.25, 0.3) is 0 Å². The van der Waals surface area contributed by atoms with Crippen molar-refractivity contribution >= 4 is 11.9 Å². The van der Waals surface area contributed by atoms with Gasteiger partial charge in [0, 0.05) is 0 Å². The summed E-state index contributed by atoms with van der Waals surface area (Å²) in [6.45, 7) is 11.7. The fourth-order valence-corrected chi connectivity index (χ4v) is 3.85. The van der Waals surface area contributed by atoms with Gasteiger partial charge in [-0.25, -0.2) is 4.79 Å². The fraction of sp³-hybridized carbons (Fsp3) is 0.440. The van der Waals surface area contributed by atoms with E-state index in [0.29, 0.717) is 5.92 Å². The van der Waals surface area contributed by atoms with Gasteiger partial charge in [-0.05, 0) is 61.4 Å². The SMILES string of the molecule is Cc1ccc(C)c(OC[C@H](O)CN2C(=O)N[C@@](C)(c3ccc(C(C)C)cc3)C2=O)c1C. The largest absolute Gasteiger partial charge is 0.490 e. The van der Waals surface area contributed by atoms with Crippen molar-refractivity contribution in [1.82, 2.24) is 10.2 Å². The molecule has 1 heterocycles. The van der Waals surface area contributed by atoms with Crippen LogP contribution in [0.3, 0.4) is 0 Å². The molecule has 1 saturated heterocycles. The number of aliphatic hydroxyl groups excluding tert-OH is 1. The molecule has 0 spiro atoms. The predicted octanol–water partition coefficient (Wildman–Crippen LogP) is 3.94. The monoisotopic (exact) mass is 424 g/mol. The van der Waals surface area contributed by atoms with Gasteiger partial charge in [0.05, 0.1) is 6.54 Å². The fourth-order valence-electron chi connectivity index (χ4n) is 3.85. The Bertz CT molecular complexity index is 984. The molecule has 1 aliphatic rings. The van der Waals surface area contributed by atoms with E-state index in [-0.39, 0.29) is 19.1 Å². The number of amides is 3. The van der Waals surface area contributed by atoms with E-state index in [1.54, 1.807) is 6.92 Å². The Kier molecular flexibility index (Phi) is 6.41. The number of urea groups is 1. The minimum atomic E-state index is -1.16. The smallest absolute Gasteiger partial charge is 0.325 e. The lowest BCUT2D eigenvalue weighted by atomic mass is 9.90. The first kappa shape index (κ1) is 22.8. The topological polar surface area (TPSA) is 78.9 Å². The summed E-state index contributed by atoms with van der Waals surface area (Å²) >= 11 is 0. The second kappa shape index (κ2) is 8.71. The number of carbonyl (C=O) groups is 2. The van der Waals surface area contributed by atoms with Crippen LogP contribution in [0.2, 0.25) is 0 Å². The standard InChI is InChI=1S/C25H32N2O4/c1-15(2)19-9-11-20(12-10-19)25(6)23(29)27(24(30)26-25)13-21(28)14-31-22-17(4)8-7-16(3)18(22)5/h7-12,15,21,28H,13-14H2,1-6H3,(H,26,30)/t21-,25+/m1/s1. The van der Waals surface area contributed by atoms with Gasteiger partial charge in [0.15, 0.2) is 0 Å². The summed E-state index contributed by atoms with van der Waals surface area (Å²) in [5.41, 5.74) is 3.81. The predicted molar refractivity (Wildman–Crippen MR) is 120 cm³/mol. The summed E-state index contributed by atoms with van der Waals surface area (Å²) in [6, 6.07) is 11.2. The van der Waals surface area contributed by atoms with E-state index >= 15 is 0 Å². The minimum Gasteiger partial charge on any atom is -0.490 e. The molecule has 0 saturated carbocycles. The highest BCUT2D eigenvalue weighted by Gasteiger charge is 2.49. The van der Waals surface area contributed by atoms with Gasteiger partial charge >= 0.3 is 6.03 Å². The number of nitrogens with one attached hydrogen (secondary N) is 1. The van der Waals surface area contributed by atoms with Gasteiger partial charge in [0.2, 0.25) is 0 Å². The number of ether oxygens (including phenoxy) is 1. The number of hydrogen-bond donors (Lipinski definition) is 2. The van der Waals surface area contributed by atoms with E-state index in [1.165, 1.54) is 0 Å². The highest BCUT2D eigenvalue weighted by atomic mass is 16.5. The highest BCUT2D eigenvalue weighted by Crippen LogP contribution is 2.30. The third kappa shape index (κ3) is 4.44. The molecule has 2 N–H and O–H groups in total. The highest BCUT2D eigenvalue weighted by molar-refractivity contribution is 6.07.